The van der Waals surface area contributed by atoms with E-state index >= 15 is 0 Å². The summed E-state index contributed by atoms with van der Waals surface area (Å²) in [5.41, 5.74) is 7.80. The second-order valence-electron chi connectivity index (χ2n) is 4.79. The van der Waals surface area contributed by atoms with Gasteiger partial charge in [0.25, 0.3) is 0 Å². The number of urea groups is 2. The smallest absolute Gasteiger partial charge is 0.306 e. The summed E-state index contributed by atoms with van der Waals surface area (Å²) in [4.78, 5) is 23.4. The summed E-state index contributed by atoms with van der Waals surface area (Å²) in [6, 6.07) is 13.7. The lowest BCUT2D eigenvalue weighted by Crippen LogP contribution is -2.45. The molecule has 0 heterocycles. The first kappa shape index (κ1) is 15.4. The molecular formula is C16H18N4O2. The molecular weight excluding hydrogens is 280 g/mol. The molecule has 2 aromatic rings. The number of carbonyl (C=O) groups excluding carboxylic acids is 2. The van der Waals surface area contributed by atoms with Gasteiger partial charge in [0.1, 0.15) is 0 Å². The van der Waals surface area contributed by atoms with Gasteiger partial charge >= 0.3 is 12.1 Å². The number of hydrogen-bond donors (Lipinski definition) is 4. The summed E-state index contributed by atoms with van der Waals surface area (Å²) in [6.07, 6.45) is 0. The fourth-order valence-electron chi connectivity index (χ4n) is 1.85. The average molecular weight is 298 g/mol. The molecule has 4 amide bonds. The first-order valence-electron chi connectivity index (χ1n) is 6.81. The van der Waals surface area contributed by atoms with Crippen molar-refractivity contribution >= 4 is 23.4 Å². The summed E-state index contributed by atoms with van der Waals surface area (Å²) in [5.74, 6) is 0. The number of carbonyl (C=O) groups is 2. The van der Waals surface area contributed by atoms with Crippen molar-refractivity contribution in [3.05, 3.63) is 59.7 Å². The van der Waals surface area contributed by atoms with Crippen molar-refractivity contribution < 1.29 is 9.59 Å². The quantitative estimate of drug-likeness (QED) is 0.642. The highest BCUT2D eigenvalue weighted by Crippen LogP contribution is 2.13. The molecule has 114 valence electrons. The van der Waals surface area contributed by atoms with Gasteiger partial charge in [0.2, 0.25) is 0 Å². The van der Waals surface area contributed by atoms with Crippen molar-refractivity contribution in [3.63, 3.8) is 0 Å². The van der Waals surface area contributed by atoms with Crippen molar-refractivity contribution in [1.82, 2.24) is 10.9 Å². The van der Waals surface area contributed by atoms with Gasteiger partial charge in [0.05, 0.1) is 0 Å². The van der Waals surface area contributed by atoms with Gasteiger partial charge in [-0.05, 0) is 37.1 Å². The zero-order valence-electron chi connectivity index (χ0n) is 12.4. The number of para-hydroxylation sites is 2. The molecule has 0 aliphatic heterocycles. The van der Waals surface area contributed by atoms with Gasteiger partial charge in [-0.2, -0.15) is 0 Å². The maximum absolute atomic E-state index is 11.7. The molecule has 0 bridgehead atoms. The van der Waals surface area contributed by atoms with Crippen molar-refractivity contribution in [2.75, 3.05) is 10.6 Å². The number of hydrazine groups is 1. The van der Waals surface area contributed by atoms with Crippen LogP contribution in [0, 0.1) is 13.8 Å². The summed E-state index contributed by atoms with van der Waals surface area (Å²) in [5, 5.41) is 5.30. The number of benzene rings is 2. The minimum absolute atomic E-state index is 0.519. The van der Waals surface area contributed by atoms with E-state index in [1.807, 2.05) is 50.2 Å². The normalized spacial score (nSPS) is 9.73. The Balaban J connectivity index is 1.82. The van der Waals surface area contributed by atoms with Crippen LogP contribution < -0.4 is 21.5 Å². The molecule has 2 aromatic carbocycles. The maximum atomic E-state index is 11.7. The van der Waals surface area contributed by atoms with Crippen LogP contribution in [-0.2, 0) is 0 Å². The zero-order chi connectivity index (χ0) is 15.9. The lowest BCUT2D eigenvalue weighted by Gasteiger charge is -2.12. The Morgan fingerprint density at radius 1 is 0.682 bits per heavy atom. The minimum atomic E-state index is -0.519. The van der Waals surface area contributed by atoms with E-state index in [0.29, 0.717) is 11.4 Å². The number of rotatable bonds is 2. The van der Waals surface area contributed by atoms with Crippen LogP contribution in [-0.4, -0.2) is 12.1 Å². The number of hydrogen-bond acceptors (Lipinski definition) is 2. The molecule has 0 radical (unpaired) electrons. The molecule has 22 heavy (non-hydrogen) atoms. The Labute approximate surface area is 128 Å². The monoisotopic (exact) mass is 298 g/mol. The van der Waals surface area contributed by atoms with Crippen LogP contribution in [0.3, 0.4) is 0 Å². The van der Waals surface area contributed by atoms with Gasteiger partial charge in [-0.15, -0.1) is 0 Å². The van der Waals surface area contributed by atoms with E-state index in [1.54, 1.807) is 12.1 Å². The highest BCUT2D eigenvalue weighted by atomic mass is 16.2. The molecule has 6 heteroatoms. The number of aryl methyl sites for hydroxylation is 2. The van der Waals surface area contributed by atoms with Crippen LogP contribution in [0.4, 0.5) is 21.0 Å². The SMILES string of the molecule is Cc1ccccc1NC(=O)NNC(=O)Nc1ccccc1C. The fraction of sp³-hybridized carbons (Fsp3) is 0.125. The maximum Gasteiger partial charge on any atom is 0.337 e. The van der Waals surface area contributed by atoms with E-state index in [0.717, 1.165) is 11.1 Å². The number of nitrogens with one attached hydrogen (secondary N) is 4. The van der Waals surface area contributed by atoms with Crippen LogP contribution in [0.25, 0.3) is 0 Å². The Bertz CT molecular complexity index is 626. The van der Waals surface area contributed by atoms with Crippen LogP contribution in [0.2, 0.25) is 0 Å². The van der Waals surface area contributed by atoms with Crippen LogP contribution in [0.5, 0.6) is 0 Å². The van der Waals surface area contributed by atoms with E-state index in [2.05, 4.69) is 21.5 Å². The Morgan fingerprint density at radius 3 is 1.41 bits per heavy atom. The van der Waals surface area contributed by atoms with E-state index in [4.69, 9.17) is 0 Å². The highest BCUT2D eigenvalue weighted by Gasteiger charge is 2.06. The van der Waals surface area contributed by atoms with Crippen LogP contribution in [0.1, 0.15) is 11.1 Å². The summed E-state index contributed by atoms with van der Waals surface area (Å²) >= 11 is 0. The number of anilines is 2. The summed E-state index contributed by atoms with van der Waals surface area (Å²) < 4.78 is 0. The Kier molecular flexibility index (Phi) is 4.98. The first-order chi connectivity index (χ1) is 10.6. The second-order valence-corrected chi connectivity index (χ2v) is 4.79. The lowest BCUT2D eigenvalue weighted by atomic mass is 10.2. The molecule has 2 rings (SSSR count). The molecule has 0 fully saturated rings. The van der Waals surface area contributed by atoms with Gasteiger partial charge in [-0.3, -0.25) is 0 Å². The van der Waals surface area contributed by atoms with Crippen molar-refractivity contribution in [3.8, 4) is 0 Å². The molecule has 6 nitrogen and oxygen atoms in total. The molecule has 0 saturated heterocycles. The zero-order valence-corrected chi connectivity index (χ0v) is 12.4. The Morgan fingerprint density at radius 2 is 1.05 bits per heavy atom. The topological polar surface area (TPSA) is 82.3 Å². The first-order valence-corrected chi connectivity index (χ1v) is 6.81. The number of amides is 4. The molecule has 0 atom stereocenters. The van der Waals surface area contributed by atoms with Crippen LogP contribution in [0.15, 0.2) is 48.5 Å². The van der Waals surface area contributed by atoms with Crippen LogP contribution >= 0.6 is 0 Å². The molecule has 0 aromatic heterocycles. The van der Waals surface area contributed by atoms with Gasteiger partial charge < -0.3 is 10.6 Å². The molecule has 0 aliphatic rings. The fourth-order valence-corrected chi connectivity index (χ4v) is 1.85. The van der Waals surface area contributed by atoms with E-state index in [9.17, 15) is 9.59 Å². The van der Waals surface area contributed by atoms with E-state index < -0.39 is 12.1 Å². The van der Waals surface area contributed by atoms with E-state index in [1.165, 1.54) is 0 Å². The van der Waals surface area contributed by atoms with Crippen molar-refractivity contribution in [2.24, 2.45) is 0 Å². The molecule has 4 N–H and O–H groups in total. The van der Waals surface area contributed by atoms with Crippen molar-refractivity contribution in [2.45, 2.75) is 13.8 Å². The molecule has 0 unspecified atom stereocenters. The predicted octanol–water partition coefficient (Wildman–Crippen LogP) is 3.16. The largest absolute Gasteiger partial charge is 0.337 e. The third-order valence-corrected chi connectivity index (χ3v) is 3.08. The molecule has 0 aliphatic carbocycles. The standard InChI is InChI=1S/C16H18N4O2/c1-11-7-3-5-9-13(11)17-15(21)19-20-16(22)18-14-10-6-4-8-12(14)2/h3-10H,1-2H3,(H2,17,19,21)(H2,18,20,22). The lowest BCUT2D eigenvalue weighted by molar-refractivity contribution is 0.237. The van der Waals surface area contributed by atoms with Gasteiger partial charge in [0.15, 0.2) is 0 Å². The molecule has 0 saturated carbocycles. The summed E-state index contributed by atoms with van der Waals surface area (Å²) in [7, 11) is 0. The van der Waals surface area contributed by atoms with Gasteiger partial charge in [0, 0.05) is 11.4 Å². The molecule has 0 spiro atoms. The minimum Gasteiger partial charge on any atom is -0.306 e. The Hall–Kier alpha value is -3.02. The average Bonchev–Trinajstić information content (AvgIpc) is 2.50. The van der Waals surface area contributed by atoms with Crippen molar-refractivity contribution in [1.29, 1.82) is 0 Å². The summed E-state index contributed by atoms with van der Waals surface area (Å²) in [6.45, 7) is 3.77. The highest BCUT2D eigenvalue weighted by molar-refractivity contribution is 5.94. The third-order valence-electron chi connectivity index (χ3n) is 3.08. The predicted molar refractivity (Wildman–Crippen MR) is 86.7 cm³/mol. The van der Waals surface area contributed by atoms with Gasteiger partial charge in [-0.25, -0.2) is 20.4 Å². The second kappa shape index (κ2) is 7.12. The van der Waals surface area contributed by atoms with E-state index in [-0.39, 0.29) is 0 Å². The van der Waals surface area contributed by atoms with Gasteiger partial charge in [-0.1, -0.05) is 36.4 Å². The third kappa shape index (κ3) is 4.24.